The number of piperidine rings is 1. The van der Waals surface area contributed by atoms with Gasteiger partial charge in [-0.15, -0.1) is 0 Å². The first-order valence-corrected chi connectivity index (χ1v) is 8.89. The Balaban J connectivity index is 1.80. The summed E-state index contributed by atoms with van der Waals surface area (Å²) in [6, 6.07) is 6.44. The molecule has 0 unspecified atom stereocenters. The third kappa shape index (κ3) is 4.02. The number of aromatic nitrogens is 2. The van der Waals surface area contributed by atoms with Gasteiger partial charge >= 0.3 is 0 Å². The predicted molar refractivity (Wildman–Crippen MR) is 95.9 cm³/mol. The lowest BCUT2D eigenvalue weighted by molar-refractivity contribution is 0.0911. The number of benzene rings is 1. The fourth-order valence-corrected chi connectivity index (χ4v) is 3.15. The Morgan fingerprint density at radius 3 is 2.72 bits per heavy atom. The molecule has 1 fully saturated rings. The molecule has 1 amide bonds. The van der Waals surface area contributed by atoms with Gasteiger partial charge in [-0.1, -0.05) is 18.5 Å². The lowest BCUT2D eigenvalue weighted by atomic mass is 10.1. The zero-order valence-electron chi connectivity index (χ0n) is 14.4. The first-order chi connectivity index (χ1) is 12.0. The molecular weight excluding hydrogens is 343 g/mol. The van der Waals surface area contributed by atoms with Crippen LogP contribution in [0.3, 0.4) is 0 Å². The third-order valence-corrected chi connectivity index (χ3v) is 4.89. The fourth-order valence-electron chi connectivity index (χ4n) is 3.04. The molecule has 1 N–H and O–H groups in total. The zero-order chi connectivity index (χ0) is 18.0. The normalized spacial score (nSPS) is 16.2. The molecule has 0 atom stereocenters. The van der Waals surface area contributed by atoms with Gasteiger partial charge in [-0.25, -0.2) is 9.07 Å². The minimum atomic E-state index is -0.506. The van der Waals surface area contributed by atoms with Crippen LogP contribution < -0.4 is 5.32 Å². The van der Waals surface area contributed by atoms with Crippen LogP contribution in [0.1, 0.15) is 35.9 Å². The number of likely N-dealkylation sites (tertiary alicyclic amines) is 1. The molecule has 0 spiro atoms. The second-order valence-electron chi connectivity index (χ2n) is 6.44. The summed E-state index contributed by atoms with van der Waals surface area (Å²) in [5.41, 5.74) is 1.75. The maximum atomic E-state index is 13.8. The molecule has 3 rings (SSSR count). The number of halogens is 2. The number of rotatable bonds is 4. The van der Waals surface area contributed by atoms with E-state index in [1.807, 2.05) is 6.92 Å². The molecule has 1 aliphatic heterocycles. The molecule has 2 aromatic rings. The molecule has 2 heterocycles. The van der Waals surface area contributed by atoms with Crippen LogP contribution in [0, 0.1) is 5.82 Å². The Kier molecular flexibility index (Phi) is 5.39. The Morgan fingerprint density at radius 2 is 2.08 bits per heavy atom. The molecule has 1 saturated heterocycles. The summed E-state index contributed by atoms with van der Waals surface area (Å²) in [6.07, 6.45) is 2.55. The van der Waals surface area contributed by atoms with Gasteiger partial charge in [0.2, 0.25) is 0 Å². The van der Waals surface area contributed by atoms with Crippen molar-refractivity contribution in [3.8, 4) is 5.69 Å². The van der Waals surface area contributed by atoms with E-state index in [9.17, 15) is 9.18 Å². The highest BCUT2D eigenvalue weighted by molar-refractivity contribution is 6.30. The standard InChI is InChI=1S/C18H22ClFN4O/c1-3-13-11-17(18(25)21-12-6-8-23(2)9-7-12)22-24(13)14-4-5-15(19)16(20)10-14/h4-5,10-12H,3,6-9H2,1-2H3,(H,21,25). The van der Waals surface area contributed by atoms with Gasteiger partial charge in [0.1, 0.15) is 5.82 Å². The summed E-state index contributed by atoms with van der Waals surface area (Å²) >= 11 is 5.74. The maximum absolute atomic E-state index is 13.8. The van der Waals surface area contributed by atoms with Crippen LogP contribution in [0.5, 0.6) is 0 Å². The number of nitrogens with one attached hydrogen (secondary N) is 1. The molecule has 0 radical (unpaired) electrons. The number of hydrogen-bond donors (Lipinski definition) is 1. The SMILES string of the molecule is CCc1cc(C(=O)NC2CCN(C)CC2)nn1-c1ccc(Cl)c(F)c1. The molecule has 1 aromatic carbocycles. The van der Waals surface area contributed by atoms with Crippen molar-refractivity contribution in [2.75, 3.05) is 20.1 Å². The van der Waals surface area contributed by atoms with Crippen molar-refractivity contribution < 1.29 is 9.18 Å². The minimum absolute atomic E-state index is 0.0641. The van der Waals surface area contributed by atoms with Gasteiger partial charge in [-0.05, 0) is 57.6 Å². The third-order valence-electron chi connectivity index (χ3n) is 4.58. The van der Waals surface area contributed by atoms with Gasteiger partial charge in [-0.3, -0.25) is 4.79 Å². The van der Waals surface area contributed by atoms with Gasteiger partial charge in [-0.2, -0.15) is 5.10 Å². The van der Waals surface area contributed by atoms with E-state index in [1.165, 1.54) is 12.1 Å². The predicted octanol–water partition coefficient (Wildman–Crippen LogP) is 3.05. The first-order valence-electron chi connectivity index (χ1n) is 8.51. The second-order valence-corrected chi connectivity index (χ2v) is 6.84. The van der Waals surface area contributed by atoms with Crippen molar-refractivity contribution in [3.63, 3.8) is 0 Å². The topological polar surface area (TPSA) is 50.2 Å². The molecule has 0 aliphatic carbocycles. The van der Waals surface area contributed by atoms with E-state index in [0.29, 0.717) is 17.8 Å². The Morgan fingerprint density at radius 1 is 1.36 bits per heavy atom. The monoisotopic (exact) mass is 364 g/mol. The summed E-state index contributed by atoms with van der Waals surface area (Å²) in [4.78, 5) is 14.8. The summed E-state index contributed by atoms with van der Waals surface area (Å²) in [5.74, 6) is -0.688. The second kappa shape index (κ2) is 7.54. The number of nitrogens with zero attached hydrogens (tertiary/aromatic N) is 3. The zero-order valence-corrected chi connectivity index (χ0v) is 15.2. The summed E-state index contributed by atoms with van der Waals surface area (Å²) in [6.45, 7) is 3.92. The van der Waals surface area contributed by atoms with Crippen molar-refractivity contribution in [1.82, 2.24) is 20.0 Å². The van der Waals surface area contributed by atoms with Gasteiger partial charge in [0, 0.05) is 17.8 Å². The van der Waals surface area contributed by atoms with E-state index in [0.717, 1.165) is 31.6 Å². The van der Waals surface area contributed by atoms with Gasteiger partial charge in [0.05, 0.1) is 10.7 Å². The minimum Gasteiger partial charge on any atom is -0.348 e. The Labute approximate surface area is 151 Å². The lowest BCUT2D eigenvalue weighted by Crippen LogP contribution is -2.43. The van der Waals surface area contributed by atoms with Crippen molar-refractivity contribution >= 4 is 17.5 Å². The summed E-state index contributed by atoms with van der Waals surface area (Å²) in [7, 11) is 2.08. The van der Waals surface area contributed by atoms with E-state index in [-0.39, 0.29) is 17.0 Å². The average molecular weight is 365 g/mol. The number of hydrogen-bond acceptors (Lipinski definition) is 3. The number of carbonyl (C=O) groups is 1. The molecule has 1 aromatic heterocycles. The first kappa shape index (κ1) is 17.9. The highest BCUT2D eigenvalue weighted by atomic mass is 35.5. The number of carbonyl (C=O) groups excluding carboxylic acids is 1. The smallest absolute Gasteiger partial charge is 0.272 e. The van der Waals surface area contributed by atoms with Crippen LogP contribution in [-0.2, 0) is 6.42 Å². The van der Waals surface area contributed by atoms with Crippen molar-refractivity contribution in [2.24, 2.45) is 0 Å². The summed E-state index contributed by atoms with van der Waals surface area (Å²) < 4.78 is 15.4. The van der Waals surface area contributed by atoms with Crippen LogP contribution in [-0.4, -0.2) is 46.8 Å². The van der Waals surface area contributed by atoms with Crippen molar-refractivity contribution in [1.29, 1.82) is 0 Å². The Bertz CT molecular complexity index is 768. The molecule has 0 saturated carbocycles. The fraction of sp³-hybridized carbons (Fsp3) is 0.444. The highest BCUT2D eigenvalue weighted by Gasteiger charge is 2.21. The highest BCUT2D eigenvalue weighted by Crippen LogP contribution is 2.20. The molecule has 5 nitrogen and oxygen atoms in total. The van der Waals surface area contributed by atoms with Gasteiger partial charge < -0.3 is 10.2 Å². The maximum Gasteiger partial charge on any atom is 0.272 e. The number of aryl methyl sites for hydroxylation is 1. The average Bonchev–Trinajstić information content (AvgIpc) is 3.04. The van der Waals surface area contributed by atoms with Crippen molar-refractivity contribution in [3.05, 3.63) is 46.5 Å². The van der Waals surface area contributed by atoms with Crippen LogP contribution in [0.4, 0.5) is 4.39 Å². The van der Waals surface area contributed by atoms with Crippen LogP contribution in [0.2, 0.25) is 5.02 Å². The quantitative estimate of drug-likeness (QED) is 0.907. The van der Waals surface area contributed by atoms with Gasteiger partial charge in [0.25, 0.3) is 5.91 Å². The Hall–Kier alpha value is -1.92. The van der Waals surface area contributed by atoms with E-state index in [4.69, 9.17) is 11.6 Å². The molecule has 0 bridgehead atoms. The molecule has 134 valence electrons. The molecule has 7 heteroatoms. The molecular formula is C18H22ClFN4O. The number of amides is 1. The van der Waals surface area contributed by atoms with Crippen LogP contribution in [0.15, 0.2) is 24.3 Å². The van der Waals surface area contributed by atoms with E-state index < -0.39 is 5.82 Å². The summed E-state index contributed by atoms with van der Waals surface area (Å²) in [5, 5.41) is 7.51. The van der Waals surface area contributed by atoms with Crippen molar-refractivity contribution in [2.45, 2.75) is 32.2 Å². The van der Waals surface area contributed by atoms with Crippen LogP contribution in [0.25, 0.3) is 5.69 Å². The van der Waals surface area contributed by atoms with Crippen LogP contribution >= 0.6 is 11.6 Å². The van der Waals surface area contributed by atoms with E-state index in [1.54, 1.807) is 16.8 Å². The van der Waals surface area contributed by atoms with E-state index in [2.05, 4.69) is 22.4 Å². The molecule has 1 aliphatic rings. The van der Waals surface area contributed by atoms with Gasteiger partial charge in [0.15, 0.2) is 5.69 Å². The largest absolute Gasteiger partial charge is 0.348 e. The molecule has 25 heavy (non-hydrogen) atoms. The van der Waals surface area contributed by atoms with E-state index >= 15 is 0 Å². The lowest BCUT2D eigenvalue weighted by Gasteiger charge is -2.29.